The quantitative estimate of drug-likeness (QED) is 0.667. The first-order valence-corrected chi connectivity index (χ1v) is 7.82. The lowest BCUT2D eigenvalue weighted by Crippen LogP contribution is -2.26. The lowest BCUT2D eigenvalue weighted by Gasteiger charge is -2.13. The maximum absolute atomic E-state index is 12.9. The molecule has 1 aromatic heterocycles. The molecule has 0 amide bonds. The molecule has 25 heavy (non-hydrogen) atoms. The number of rotatable bonds is 5. The molecule has 0 fully saturated rings. The molecular formula is C18H16FN3O3. The van der Waals surface area contributed by atoms with Crippen molar-refractivity contribution < 1.29 is 13.9 Å². The van der Waals surface area contributed by atoms with E-state index in [0.717, 1.165) is 4.68 Å². The number of esters is 1. The fourth-order valence-corrected chi connectivity index (χ4v) is 2.42. The highest BCUT2D eigenvalue weighted by Gasteiger charge is 2.13. The van der Waals surface area contributed by atoms with Crippen LogP contribution in [0.2, 0.25) is 0 Å². The van der Waals surface area contributed by atoms with E-state index in [1.54, 1.807) is 43.3 Å². The number of benzene rings is 2. The van der Waals surface area contributed by atoms with Crippen LogP contribution < -0.4 is 5.56 Å². The van der Waals surface area contributed by atoms with Gasteiger partial charge < -0.3 is 4.74 Å². The predicted molar refractivity (Wildman–Crippen MR) is 89.3 cm³/mol. The van der Waals surface area contributed by atoms with Gasteiger partial charge in [-0.15, -0.1) is 5.10 Å². The highest BCUT2D eigenvalue weighted by molar-refractivity contribution is 5.76. The molecular weight excluding hydrogens is 325 g/mol. The molecule has 0 spiro atoms. The van der Waals surface area contributed by atoms with Crippen molar-refractivity contribution >= 4 is 16.9 Å². The fourth-order valence-electron chi connectivity index (χ4n) is 2.42. The second kappa shape index (κ2) is 7.21. The first-order chi connectivity index (χ1) is 12.0. The fraction of sp³-hybridized carbons (Fsp3) is 0.222. The van der Waals surface area contributed by atoms with Gasteiger partial charge in [-0.1, -0.05) is 29.5 Å². The number of aryl methyl sites for hydroxylation is 1. The number of ether oxygens (including phenoxy) is 1. The van der Waals surface area contributed by atoms with E-state index in [2.05, 4.69) is 10.3 Å². The molecule has 0 aliphatic heterocycles. The molecule has 0 saturated carbocycles. The van der Waals surface area contributed by atoms with E-state index in [0.29, 0.717) is 16.5 Å². The third-order valence-electron chi connectivity index (χ3n) is 3.80. The molecule has 7 heteroatoms. The minimum Gasteiger partial charge on any atom is -0.458 e. The number of fused-ring (bicyclic) bond motifs is 1. The zero-order chi connectivity index (χ0) is 17.8. The van der Waals surface area contributed by atoms with Gasteiger partial charge >= 0.3 is 5.97 Å². The number of halogens is 1. The molecule has 128 valence electrons. The van der Waals surface area contributed by atoms with Crippen molar-refractivity contribution in [2.45, 2.75) is 26.0 Å². The third-order valence-corrected chi connectivity index (χ3v) is 3.80. The average molecular weight is 341 g/mol. The molecule has 0 aliphatic carbocycles. The Bertz CT molecular complexity index is 954. The molecule has 6 nitrogen and oxygen atoms in total. The van der Waals surface area contributed by atoms with Crippen molar-refractivity contribution in [2.24, 2.45) is 0 Å². The first kappa shape index (κ1) is 16.8. The van der Waals surface area contributed by atoms with Crippen LogP contribution in [-0.4, -0.2) is 21.0 Å². The van der Waals surface area contributed by atoms with Crippen LogP contribution in [0.5, 0.6) is 0 Å². The molecule has 3 aromatic rings. The smallest absolute Gasteiger partial charge is 0.308 e. The van der Waals surface area contributed by atoms with Gasteiger partial charge in [0.25, 0.3) is 5.56 Å². The first-order valence-electron chi connectivity index (χ1n) is 7.82. The Kier molecular flexibility index (Phi) is 4.83. The van der Waals surface area contributed by atoms with Gasteiger partial charge in [-0.05, 0) is 36.8 Å². The van der Waals surface area contributed by atoms with Crippen LogP contribution in [0.1, 0.15) is 25.0 Å². The van der Waals surface area contributed by atoms with Crippen LogP contribution in [0.3, 0.4) is 0 Å². The number of hydrogen-bond donors (Lipinski definition) is 0. The molecule has 1 atom stereocenters. The molecule has 0 aliphatic rings. The van der Waals surface area contributed by atoms with E-state index in [4.69, 9.17) is 4.74 Å². The molecule has 0 unspecified atom stereocenters. The summed E-state index contributed by atoms with van der Waals surface area (Å²) >= 11 is 0. The Hall–Kier alpha value is -3.09. The highest BCUT2D eigenvalue weighted by atomic mass is 19.1. The number of nitrogens with zero attached hydrogens (tertiary/aromatic N) is 3. The summed E-state index contributed by atoms with van der Waals surface area (Å²) < 4.78 is 19.4. The molecule has 3 rings (SSSR count). The van der Waals surface area contributed by atoms with Crippen LogP contribution in [0.4, 0.5) is 4.39 Å². The minimum atomic E-state index is -0.507. The van der Waals surface area contributed by atoms with Crippen molar-refractivity contribution in [1.82, 2.24) is 15.0 Å². The van der Waals surface area contributed by atoms with Gasteiger partial charge in [0.1, 0.15) is 17.4 Å². The van der Waals surface area contributed by atoms with E-state index in [9.17, 15) is 14.0 Å². The maximum Gasteiger partial charge on any atom is 0.308 e. The predicted octanol–water partition coefficient (Wildman–Crippen LogP) is 2.63. The van der Waals surface area contributed by atoms with Crippen LogP contribution >= 0.6 is 0 Å². The molecule has 0 N–H and O–H groups in total. The largest absolute Gasteiger partial charge is 0.458 e. The standard InChI is InChI=1S/C18H16FN3O3/c1-12(13-6-8-14(19)9-7-13)25-17(23)10-11-22-18(24)15-4-2-3-5-16(15)20-21-22/h2-9,12H,10-11H2,1H3/t12-/m0/s1. The lowest BCUT2D eigenvalue weighted by molar-refractivity contribution is -0.148. The second-order valence-electron chi connectivity index (χ2n) is 5.57. The van der Waals surface area contributed by atoms with E-state index >= 15 is 0 Å². The van der Waals surface area contributed by atoms with Crippen LogP contribution in [0.15, 0.2) is 53.3 Å². The van der Waals surface area contributed by atoms with E-state index in [1.807, 2.05) is 0 Å². The van der Waals surface area contributed by atoms with E-state index in [1.165, 1.54) is 12.1 Å². The Morgan fingerprint density at radius 3 is 2.68 bits per heavy atom. The second-order valence-corrected chi connectivity index (χ2v) is 5.57. The Morgan fingerprint density at radius 2 is 1.92 bits per heavy atom. The third kappa shape index (κ3) is 3.88. The van der Waals surface area contributed by atoms with Crippen LogP contribution in [0.25, 0.3) is 10.9 Å². The topological polar surface area (TPSA) is 74.1 Å². The van der Waals surface area contributed by atoms with E-state index in [-0.39, 0.29) is 24.3 Å². The minimum absolute atomic E-state index is 0.0154. The SMILES string of the molecule is C[C@H](OC(=O)CCn1nnc2ccccc2c1=O)c1ccc(F)cc1. The number of carbonyl (C=O) groups is 1. The number of carbonyl (C=O) groups excluding carboxylic acids is 1. The van der Waals surface area contributed by atoms with Crippen molar-refractivity contribution in [2.75, 3.05) is 0 Å². The number of hydrogen-bond acceptors (Lipinski definition) is 5. The van der Waals surface area contributed by atoms with Gasteiger partial charge in [0, 0.05) is 0 Å². The van der Waals surface area contributed by atoms with Gasteiger partial charge in [-0.25, -0.2) is 9.07 Å². The lowest BCUT2D eigenvalue weighted by atomic mass is 10.1. The van der Waals surface area contributed by atoms with Gasteiger partial charge in [-0.2, -0.15) is 0 Å². The molecule has 0 bridgehead atoms. The van der Waals surface area contributed by atoms with Crippen LogP contribution in [-0.2, 0) is 16.1 Å². The zero-order valence-corrected chi connectivity index (χ0v) is 13.6. The summed E-state index contributed by atoms with van der Waals surface area (Å²) in [5.74, 6) is -0.824. The summed E-state index contributed by atoms with van der Waals surface area (Å²) in [5.41, 5.74) is 0.902. The van der Waals surface area contributed by atoms with Crippen molar-refractivity contribution in [3.05, 3.63) is 70.3 Å². The Morgan fingerprint density at radius 1 is 1.20 bits per heavy atom. The van der Waals surface area contributed by atoms with Gasteiger partial charge in [0.05, 0.1) is 18.4 Å². The molecule has 0 radical (unpaired) electrons. The summed E-state index contributed by atoms with van der Waals surface area (Å²) in [7, 11) is 0. The highest BCUT2D eigenvalue weighted by Crippen LogP contribution is 2.17. The van der Waals surface area contributed by atoms with Crippen LogP contribution in [0, 0.1) is 5.82 Å². The normalized spacial score (nSPS) is 12.1. The number of aromatic nitrogens is 3. The maximum atomic E-state index is 12.9. The summed E-state index contributed by atoms with van der Waals surface area (Å²) in [6.07, 6.45) is -0.522. The molecule has 0 saturated heterocycles. The van der Waals surface area contributed by atoms with Crippen molar-refractivity contribution in [3.8, 4) is 0 Å². The molecule has 1 heterocycles. The zero-order valence-electron chi connectivity index (χ0n) is 13.6. The van der Waals surface area contributed by atoms with Gasteiger partial charge in [0.2, 0.25) is 0 Å². The van der Waals surface area contributed by atoms with Crippen molar-refractivity contribution in [3.63, 3.8) is 0 Å². The summed E-state index contributed by atoms with van der Waals surface area (Å²) in [4.78, 5) is 24.3. The Labute approximate surface area is 142 Å². The van der Waals surface area contributed by atoms with Gasteiger partial charge in [0.15, 0.2) is 0 Å². The van der Waals surface area contributed by atoms with Crippen molar-refractivity contribution in [1.29, 1.82) is 0 Å². The summed E-state index contributed by atoms with van der Waals surface area (Å²) in [6.45, 7) is 1.78. The average Bonchev–Trinajstić information content (AvgIpc) is 2.62. The monoisotopic (exact) mass is 341 g/mol. The molecule has 2 aromatic carbocycles. The Balaban J connectivity index is 1.63. The summed E-state index contributed by atoms with van der Waals surface area (Å²) in [5, 5.41) is 8.24. The van der Waals surface area contributed by atoms with Gasteiger partial charge in [-0.3, -0.25) is 9.59 Å². The van der Waals surface area contributed by atoms with E-state index < -0.39 is 12.1 Å². The summed E-state index contributed by atoms with van der Waals surface area (Å²) in [6, 6.07) is 12.6.